The fraction of sp³-hybridized carbons (Fsp3) is 0.100. The topological polar surface area (TPSA) is 63.3 Å². The van der Waals surface area contributed by atoms with Crippen molar-refractivity contribution in [3.05, 3.63) is 29.6 Å². The number of phenolic OH excluding ortho intramolecular Hbond substituents is 1. The van der Waals surface area contributed by atoms with Crippen LogP contribution in [0, 0.1) is 17.7 Å². The number of nitrogens with two attached hydrogens (primary N) is 1. The molecule has 0 spiro atoms. The molecule has 0 bridgehead atoms. The number of amides is 1. The zero-order valence-corrected chi connectivity index (χ0v) is 7.25. The summed E-state index contributed by atoms with van der Waals surface area (Å²) in [5.41, 5.74) is 4.99. The first-order valence-corrected chi connectivity index (χ1v) is 3.85. The Morgan fingerprint density at radius 3 is 2.93 bits per heavy atom. The van der Waals surface area contributed by atoms with E-state index < -0.39 is 11.7 Å². The molecule has 14 heavy (non-hydrogen) atoms. The first-order chi connectivity index (χ1) is 6.59. The van der Waals surface area contributed by atoms with E-state index in [1.165, 1.54) is 6.07 Å². The number of hydrogen-bond acceptors (Lipinski definition) is 2. The third kappa shape index (κ3) is 2.79. The molecule has 1 rings (SSSR count). The second-order valence-electron chi connectivity index (χ2n) is 2.61. The summed E-state index contributed by atoms with van der Waals surface area (Å²) in [6.07, 6.45) is -0.115. The summed E-state index contributed by atoms with van der Waals surface area (Å²) in [5, 5.41) is 9.21. The van der Waals surface area contributed by atoms with Crippen molar-refractivity contribution in [2.24, 2.45) is 5.73 Å². The predicted octanol–water partition coefficient (Wildman–Crippen LogP) is 0.758. The summed E-state index contributed by atoms with van der Waals surface area (Å²) in [5.74, 6) is 3.68. The summed E-state index contributed by atoms with van der Waals surface area (Å²) in [6, 6.07) is 3.40. The Labute approximate surface area is 80.4 Å². The number of hydrogen-bond donors (Lipinski definition) is 2. The van der Waals surface area contributed by atoms with Crippen molar-refractivity contribution in [1.82, 2.24) is 0 Å². The summed E-state index contributed by atoms with van der Waals surface area (Å²) in [6.45, 7) is 0. The van der Waals surface area contributed by atoms with Gasteiger partial charge in [0.25, 0.3) is 0 Å². The smallest absolute Gasteiger partial charge is 0.229 e. The maximum absolute atomic E-state index is 12.7. The van der Waals surface area contributed by atoms with E-state index in [1.807, 2.05) is 0 Å². The van der Waals surface area contributed by atoms with E-state index in [1.54, 1.807) is 0 Å². The number of primary amides is 1. The van der Waals surface area contributed by atoms with E-state index in [2.05, 4.69) is 11.8 Å². The third-order valence-corrected chi connectivity index (χ3v) is 1.44. The van der Waals surface area contributed by atoms with Crippen LogP contribution in [0.3, 0.4) is 0 Å². The highest BCUT2D eigenvalue weighted by atomic mass is 19.1. The molecule has 0 radical (unpaired) electrons. The normalized spacial score (nSPS) is 8.93. The third-order valence-electron chi connectivity index (χ3n) is 1.44. The van der Waals surface area contributed by atoms with Gasteiger partial charge in [-0.05, 0) is 18.2 Å². The number of carbonyl (C=O) groups excluding carboxylic acids is 1. The zero-order chi connectivity index (χ0) is 10.6. The lowest BCUT2D eigenvalue weighted by molar-refractivity contribution is -0.117. The van der Waals surface area contributed by atoms with Gasteiger partial charge in [0.2, 0.25) is 5.91 Å². The average molecular weight is 193 g/mol. The van der Waals surface area contributed by atoms with Gasteiger partial charge in [0.05, 0.1) is 12.0 Å². The monoisotopic (exact) mass is 193 g/mol. The van der Waals surface area contributed by atoms with Crippen LogP contribution in [0.5, 0.6) is 5.75 Å². The molecule has 0 aliphatic carbocycles. The molecule has 3 N–H and O–H groups in total. The van der Waals surface area contributed by atoms with Gasteiger partial charge in [0, 0.05) is 0 Å². The Morgan fingerprint density at radius 1 is 1.57 bits per heavy atom. The van der Waals surface area contributed by atoms with Crippen molar-refractivity contribution in [3.63, 3.8) is 0 Å². The molecule has 0 aliphatic heterocycles. The van der Waals surface area contributed by atoms with Crippen LogP contribution >= 0.6 is 0 Å². The second kappa shape index (κ2) is 4.28. The molecular formula is C10H8FNO2. The summed E-state index contributed by atoms with van der Waals surface area (Å²) < 4.78 is 12.7. The van der Waals surface area contributed by atoms with E-state index >= 15 is 0 Å². The van der Waals surface area contributed by atoms with Crippen LogP contribution in [0.25, 0.3) is 0 Å². The van der Waals surface area contributed by atoms with E-state index in [9.17, 15) is 14.3 Å². The van der Waals surface area contributed by atoms with Crippen LogP contribution in [0.15, 0.2) is 18.2 Å². The maximum atomic E-state index is 12.7. The molecule has 0 heterocycles. The molecule has 4 heteroatoms. The van der Waals surface area contributed by atoms with Gasteiger partial charge in [-0.15, -0.1) is 0 Å². The van der Waals surface area contributed by atoms with Gasteiger partial charge in [0.15, 0.2) is 0 Å². The molecule has 0 unspecified atom stereocenters. The van der Waals surface area contributed by atoms with Crippen molar-refractivity contribution in [2.45, 2.75) is 6.42 Å². The van der Waals surface area contributed by atoms with Gasteiger partial charge in [0.1, 0.15) is 11.6 Å². The number of phenols is 1. The summed E-state index contributed by atoms with van der Waals surface area (Å²) >= 11 is 0. The SMILES string of the molecule is NC(=O)CC#Cc1cc(F)ccc1O. The molecule has 1 aromatic carbocycles. The van der Waals surface area contributed by atoms with Gasteiger partial charge in [-0.1, -0.05) is 11.8 Å². The van der Waals surface area contributed by atoms with Gasteiger partial charge in [-0.3, -0.25) is 4.79 Å². The number of halogens is 1. The number of carbonyl (C=O) groups is 1. The fourth-order valence-electron chi connectivity index (χ4n) is 0.835. The number of benzene rings is 1. The number of aromatic hydroxyl groups is 1. The molecule has 72 valence electrons. The molecule has 0 saturated heterocycles. The number of rotatable bonds is 1. The minimum atomic E-state index is -0.562. The van der Waals surface area contributed by atoms with Crippen molar-refractivity contribution >= 4 is 5.91 Å². The Bertz CT molecular complexity index is 418. The molecule has 0 saturated carbocycles. The van der Waals surface area contributed by atoms with Gasteiger partial charge < -0.3 is 10.8 Å². The van der Waals surface area contributed by atoms with Crippen LogP contribution in [0.1, 0.15) is 12.0 Å². The summed E-state index contributed by atoms with van der Waals surface area (Å²) in [7, 11) is 0. The molecule has 1 aromatic rings. The van der Waals surface area contributed by atoms with E-state index in [4.69, 9.17) is 5.73 Å². The van der Waals surface area contributed by atoms with E-state index in [0.29, 0.717) is 0 Å². The Hall–Kier alpha value is -2.02. The highest BCUT2D eigenvalue weighted by molar-refractivity contribution is 5.76. The zero-order valence-electron chi connectivity index (χ0n) is 7.25. The van der Waals surface area contributed by atoms with Crippen molar-refractivity contribution in [1.29, 1.82) is 0 Å². The summed E-state index contributed by atoms with van der Waals surface area (Å²) in [4.78, 5) is 10.3. The van der Waals surface area contributed by atoms with Crippen LogP contribution in [-0.2, 0) is 4.79 Å². The van der Waals surface area contributed by atoms with Gasteiger partial charge in [-0.2, -0.15) is 0 Å². The van der Waals surface area contributed by atoms with Crippen molar-refractivity contribution < 1.29 is 14.3 Å². The van der Waals surface area contributed by atoms with E-state index in [-0.39, 0.29) is 17.7 Å². The Kier molecular flexibility index (Phi) is 3.08. The first kappa shape index (κ1) is 10.1. The average Bonchev–Trinajstić information content (AvgIpc) is 2.10. The lowest BCUT2D eigenvalue weighted by Crippen LogP contribution is -2.08. The minimum absolute atomic E-state index is 0.115. The largest absolute Gasteiger partial charge is 0.507 e. The highest BCUT2D eigenvalue weighted by Crippen LogP contribution is 2.16. The fourth-order valence-corrected chi connectivity index (χ4v) is 0.835. The van der Waals surface area contributed by atoms with Crippen molar-refractivity contribution in [3.8, 4) is 17.6 Å². The molecule has 0 fully saturated rings. The lowest BCUT2D eigenvalue weighted by atomic mass is 10.2. The lowest BCUT2D eigenvalue weighted by Gasteiger charge is -1.95. The molecule has 0 atom stereocenters. The quantitative estimate of drug-likeness (QED) is 0.646. The highest BCUT2D eigenvalue weighted by Gasteiger charge is 1.98. The van der Waals surface area contributed by atoms with Crippen LogP contribution in [-0.4, -0.2) is 11.0 Å². The van der Waals surface area contributed by atoms with Crippen LogP contribution in [0.2, 0.25) is 0 Å². The van der Waals surface area contributed by atoms with Crippen LogP contribution in [0.4, 0.5) is 4.39 Å². The second-order valence-corrected chi connectivity index (χ2v) is 2.61. The van der Waals surface area contributed by atoms with Crippen LogP contribution < -0.4 is 5.73 Å². The molecule has 3 nitrogen and oxygen atoms in total. The molecule has 0 aromatic heterocycles. The first-order valence-electron chi connectivity index (χ1n) is 3.85. The minimum Gasteiger partial charge on any atom is -0.507 e. The van der Waals surface area contributed by atoms with E-state index in [0.717, 1.165) is 12.1 Å². The Morgan fingerprint density at radius 2 is 2.29 bits per heavy atom. The Balaban J connectivity index is 2.88. The predicted molar refractivity (Wildman–Crippen MR) is 48.8 cm³/mol. The standard InChI is InChI=1S/C10H8FNO2/c11-8-4-5-9(13)7(6-8)2-1-3-10(12)14/h4-6,13H,3H2,(H2,12,14). The van der Waals surface area contributed by atoms with Crippen molar-refractivity contribution in [2.75, 3.05) is 0 Å². The molecule has 1 amide bonds. The molecular weight excluding hydrogens is 185 g/mol. The molecule has 0 aliphatic rings. The maximum Gasteiger partial charge on any atom is 0.229 e. The van der Waals surface area contributed by atoms with Gasteiger partial charge >= 0.3 is 0 Å². The van der Waals surface area contributed by atoms with Gasteiger partial charge in [-0.25, -0.2) is 4.39 Å².